The number of rotatable bonds is 6. The van der Waals surface area contributed by atoms with Gasteiger partial charge in [0.25, 0.3) is 0 Å². The second-order valence-electron chi connectivity index (χ2n) is 7.24. The highest BCUT2D eigenvalue weighted by Crippen LogP contribution is 2.60. The van der Waals surface area contributed by atoms with Crippen molar-refractivity contribution in [2.75, 3.05) is 14.2 Å². The Morgan fingerprint density at radius 1 is 1.14 bits per heavy atom. The normalized spacial score (nSPS) is 21.0. The summed E-state index contributed by atoms with van der Waals surface area (Å²) < 4.78 is 81.5. The molecule has 0 aromatic heterocycles. The number of esters is 1. The number of carbonyl (C=O) groups is 1. The van der Waals surface area contributed by atoms with Crippen molar-refractivity contribution in [2.24, 2.45) is 17.3 Å². The molecule has 0 bridgehead atoms. The van der Waals surface area contributed by atoms with Gasteiger partial charge < -0.3 is 14.2 Å². The zero-order valence-electron chi connectivity index (χ0n) is 16.3. The number of alkyl halides is 3. The van der Waals surface area contributed by atoms with Crippen molar-refractivity contribution in [1.29, 1.82) is 0 Å². The van der Waals surface area contributed by atoms with Crippen molar-refractivity contribution in [3.8, 4) is 11.5 Å². The Kier molecular flexibility index (Phi) is 6.42. The van der Waals surface area contributed by atoms with Crippen molar-refractivity contribution in [3.63, 3.8) is 0 Å². The standard InChI is InChI=1S/C19H20ClF5O4/c1-8-13(21)15(27-4)9(16(28-5)14(8)22)7-29-17(26)12-10(18(12,2)3)6-11(20)19(23,24)25/h6,10,12H,7H2,1-5H3/b11-6-/t10-,12-/m1/s1. The van der Waals surface area contributed by atoms with E-state index in [1.54, 1.807) is 13.8 Å². The molecule has 1 saturated carbocycles. The quantitative estimate of drug-likeness (QED) is 0.443. The third-order valence-corrected chi connectivity index (χ3v) is 5.47. The highest BCUT2D eigenvalue weighted by molar-refractivity contribution is 6.30. The van der Waals surface area contributed by atoms with E-state index in [2.05, 4.69) is 0 Å². The molecule has 29 heavy (non-hydrogen) atoms. The summed E-state index contributed by atoms with van der Waals surface area (Å²) in [4.78, 5) is 12.4. The Morgan fingerprint density at radius 3 is 2.03 bits per heavy atom. The molecule has 0 aliphatic heterocycles. The van der Waals surface area contributed by atoms with E-state index in [1.807, 2.05) is 0 Å². The van der Waals surface area contributed by atoms with Crippen LogP contribution in [0, 0.1) is 35.8 Å². The van der Waals surface area contributed by atoms with Gasteiger partial charge in [-0.2, -0.15) is 13.2 Å². The lowest BCUT2D eigenvalue weighted by atomic mass is 10.1. The van der Waals surface area contributed by atoms with Crippen molar-refractivity contribution in [2.45, 2.75) is 33.6 Å². The molecule has 0 heterocycles. The smallest absolute Gasteiger partial charge is 0.426 e. The topological polar surface area (TPSA) is 44.8 Å². The Morgan fingerprint density at radius 2 is 1.62 bits per heavy atom. The molecular weight excluding hydrogens is 423 g/mol. The number of carbonyl (C=O) groups excluding carboxylic acids is 1. The Hall–Kier alpha value is -2.03. The Labute approximate surface area is 169 Å². The minimum atomic E-state index is -4.72. The molecule has 10 heteroatoms. The van der Waals surface area contributed by atoms with Gasteiger partial charge in [0.15, 0.2) is 23.1 Å². The lowest BCUT2D eigenvalue weighted by Gasteiger charge is -2.17. The van der Waals surface area contributed by atoms with E-state index in [-0.39, 0.29) is 22.6 Å². The first-order valence-electron chi connectivity index (χ1n) is 8.48. The molecule has 0 unspecified atom stereocenters. The Balaban J connectivity index is 2.24. The maximum Gasteiger partial charge on any atom is 0.426 e. The zero-order chi connectivity index (χ0) is 22.3. The molecule has 0 N–H and O–H groups in total. The molecule has 1 aromatic rings. The Bertz CT molecular complexity index is 817. The first kappa shape index (κ1) is 23.3. The molecule has 2 rings (SSSR count). The molecular formula is C19H20ClF5O4. The molecule has 0 saturated heterocycles. The van der Waals surface area contributed by atoms with E-state index >= 15 is 0 Å². The van der Waals surface area contributed by atoms with Crippen molar-refractivity contribution in [3.05, 3.63) is 33.9 Å². The van der Waals surface area contributed by atoms with E-state index < -0.39 is 52.7 Å². The summed E-state index contributed by atoms with van der Waals surface area (Å²) in [5.41, 5.74) is -1.31. The molecule has 1 aromatic carbocycles. The summed E-state index contributed by atoms with van der Waals surface area (Å²) in [5.74, 6) is -5.15. The summed E-state index contributed by atoms with van der Waals surface area (Å²) in [6.45, 7) is 3.79. The second kappa shape index (κ2) is 8.01. The summed E-state index contributed by atoms with van der Waals surface area (Å²) in [7, 11) is 2.31. The third kappa shape index (κ3) is 4.29. The summed E-state index contributed by atoms with van der Waals surface area (Å²) in [6.07, 6.45) is -3.94. The highest BCUT2D eigenvalue weighted by Gasteiger charge is 2.62. The molecule has 0 amide bonds. The minimum absolute atomic E-state index is 0.164. The lowest BCUT2D eigenvalue weighted by molar-refractivity contribution is -0.147. The van der Waals surface area contributed by atoms with Crippen LogP contribution in [-0.2, 0) is 16.1 Å². The SMILES string of the molecule is COc1c(F)c(C)c(F)c(OC)c1COC(=O)[C@H]1[C@@H](/C=C(\Cl)C(F)(F)F)C1(C)C. The maximum absolute atomic E-state index is 14.3. The predicted octanol–water partition coefficient (Wildman–Crippen LogP) is 5.29. The minimum Gasteiger partial charge on any atom is -0.493 e. The van der Waals surface area contributed by atoms with Gasteiger partial charge in [0, 0.05) is 5.56 Å². The van der Waals surface area contributed by atoms with Crippen LogP contribution >= 0.6 is 11.6 Å². The predicted molar refractivity (Wildman–Crippen MR) is 94.7 cm³/mol. The van der Waals surface area contributed by atoms with E-state index in [4.69, 9.17) is 25.8 Å². The van der Waals surface area contributed by atoms with Crippen LogP contribution in [-0.4, -0.2) is 26.4 Å². The largest absolute Gasteiger partial charge is 0.493 e. The van der Waals surface area contributed by atoms with Crippen molar-refractivity contribution in [1.82, 2.24) is 0 Å². The summed E-state index contributed by atoms with van der Waals surface area (Å²) in [5, 5.41) is -1.32. The van der Waals surface area contributed by atoms with Gasteiger partial charge in [0.1, 0.15) is 11.6 Å². The van der Waals surface area contributed by atoms with Crippen LogP contribution < -0.4 is 9.47 Å². The summed E-state index contributed by atoms with van der Waals surface area (Å²) >= 11 is 5.26. The van der Waals surface area contributed by atoms with Gasteiger partial charge in [0.2, 0.25) is 0 Å². The zero-order valence-corrected chi connectivity index (χ0v) is 17.1. The van der Waals surface area contributed by atoms with Crippen LogP contribution in [0.3, 0.4) is 0 Å². The van der Waals surface area contributed by atoms with E-state index in [9.17, 15) is 26.7 Å². The number of halogens is 6. The molecule has 4 nitrogen and oxygen atoms in total. The highest BCUT2D eigenvalue weighted by atomic mass is 35.5. The van der Waals surface area contributed by atoms with Gasteiger partial charge in [-0.3, -0.25) is 4.79 Å². The molecule has 0 radical (unpaired) electrons. The first-order chi connectivity index (χ1) is 13.3. The molecule has 1 aliphatic carbocycles. The monoisotopic (exact) mass is 442 g/mol. The number of hydrogen-bond acceptors (Lipinski definition) is 4. The first-order valence-corrected chi connectivity index (χ1v) is 8.86. The molecule has 0 spiro atoms. The third-order valence-electron chi connectivity index (χ3n) is 5.13. The van der Waals surface area contributed by atoms with Gasteiger partial charge in [-0.05, 0) is 18.3 Å². The number of ether oxygens (including phenoxy) is 3. The second-order valence-corrected chi connectivity index (χ2v) is 7.65. The van der Waals surface area contributed by atoms with Crippen LogP contribution in [0.5, 0.6) is 11.5 Å². The number of methoxy groups -OCH3 is 2. The lowest BCUT2D eigenvalue weighted by Crippen LogP contribution is -2.13. The van der Waals surface area contributed by atoms with Crippen molar-refractivity contribution < 1.29 is 41.0 Å². The van der Waals surface area contributed by atoms with Crippen molar-refractivity contribution >= 4 is 17.6 Å². The molecule has 2 atom stereocenters. The number of benzene rings is 1. The van der Waals surface area contributed by atoms with Crippen LogP contribution in [0.4, 0.5) is 22.0 Å². The van der Waals surface area contributed by atoms with Gasteiger partial charge in [0.05, 0.1) is 25.7 Å². The number of hydrogen-bond donors (Lipinski definition) is 0. The van der Waals surface area contributed by atoms with E-state index in [0.29, 0.717) is 0 Å². The summed E-state index contributed by atoms with van der Waals surface area (Å²) in [6, 6.07) is 0. The van der Waals surface area contributed by atoms with Crippen LogP contribution in [0.15, 0.2) is 11.1 Å². The van der Waals surface area contributed by atoms with Gasteiger partial charge in [-0.15, -0.1) is 0 Å². The van der Waals surface area contributed by atoms with E-state index in [1.165, 1.54) is 6.92 Å². The molecule has 1 fully saturated rings. The van der Waals surface area contributed by atoms with Gasteiger partial charge >= 0.3 is 12.1 Å². The van der Waals surface area contributed by atoms with Gasteiger partial charge in [-0.25, -0.2) is 8.78 Å². The van der Waals surface area contributed by atoms with Crippen LogP contribution in [0.2, 0.25) is 0 Å². The fraction of sp³-hybridized carbons (Fsp3) is 0.526. The van der Waals surface area contributed by atoms with Crippen LogP contribution in [0.1, 0.15) is 25.0 Å². The average Bonchev–Trinajstić information content (AvgIpc) is 3.17. The maximum atomic E-state index is 14.3. The van der Waals surface area contributed by atoms with E-state index in [0.717, 1.165) is 20.3 Å². The fourth-order valence-corrected chi connectivity index (χ4v) is 3.42. The average molecular weight is 443 g/mol. The number of allylic oxidation sites excluding steroid dienone is 2. The fourth-order valence-electron chi connectivity index (χ4n) is 3.29. The molecule has 1 aliphatic rings. The van der Waals surface area contributed by atoms with Gasteiger partial charge in [-0.1, -0.05) is 31.5 Å². The molecule has 162 valence electrons. The van der Waals surface area contributed by atoms with Crippen LogP contribution in [0.25, 0.3) is 0 Å².